The number of rotatable bonds is 10. The van der Waals surface area contributed by atoms with Crippen LogP contribution in [0.3, 0.4) is 0 Å². The van der Waals surface area contributed by atoms with Crippen LogP contribution in [-0.2, 0) is 17.7 Å². The Kier molecular flexibility index (Phi) is 10.3. The normalized spacial score (nSPS) is 13.4. The highest BCUT2D eigenvalue weighted by molar-refractivity contribution is 5.84. The van der Waals surface area contributed by atoms with Crippen LogP contribution in [-0.4, -0.2) is 64.2 Å². The summed E-state index contributed by atoms with van der Waals surface area (Å²) in [5.41, 5.74) is 0.879. The second-order valence-electron chi connectivity index (χ2n) is 11.0. The number of aliphatic hydroxyl groups excluding tert-OH is 1. The zero-order valence-electron chi connectivity index (χ0n) is 22.9. The van der Waals surface area contributed by atoms with Crippen LogP contribution in [0.25, 0.3) is 0 Å². The van der Waals surface area contributed by atoms with Gasteiger partial charge in [-0.3, -0.25) is 10.2 Å². The van der Waals surface area contributed by atoms with Crippen LogP contribution < -0.4 is 15.4 Å². The van der Waals surface area contributed by atoms with E-state index < -0.39 is 35.5 Å². The van der Waals surface area contributed by atoms with Gasteiger partial charge in [0.1, 0.15) is 11.4 Å². The van der Waals surface area contributed by atoms with Crippen molar-refractivity contribution in [2.24, 2.45) is 0 Å². The van der Waals surface area contributed by atoms with E-state index in [1.54, 1.807) is 66.9 Å². The number of carbonyl (C=O) groups excluding carboxylic acids is 1. The van der Waals surface area contributed by atoms with E-state index in [-0.39, 0.29) is 13.0 Å². The molecule has 0 spiro atoms. The van der Waals surface area contributed by atoms with E-state index in [2.05, 4.69) is 10.6 Å². The van der Waals surface area contributed by atoms with Gasteiger partial charge in [0.2, 0.25) is 0 Å². The van der Waals surface area contributed by atoms with Crippen LogP contribution in [0.5, 0.6) is 5.75 Å². The molecule has 0 unspecified atom stereocenters. The number of hydrogen-bond acceptors (Lipinski definition) is 6. The van der Waals surface area contributed by atoms with Gasteiger partial charge in [0.25, 0.3) is 0 Å². The molecule has 0 heterocycles. The topological polar surface area (TPSA) is 120 Å². The number of aliphatic hydroxyl groups is 1. The summed E-state index contributed by atoms with van der Waals surface area (Å²) in [5.74, 6) is 0.738. The molecule has 0 bridgehead atoms. The summed E-state index contributed by atoms with van der Waals surface area (Å²) in [6.07, 6.45) is -2.45. The molecular formula is C28H41N3O6. The van der Waals surface area contributed by atoms with Crippen LogP contribution in [0.15, 0.2) is 48.5 Å². The van der Waals surface area contributed by atoms with Gasteiger partial charge < -0.3 is 25.0 Å². The lowest BCUT2D eigenvalue weighted by atomic mass is 9.94. The van der Waals surface area contributed by atoms with Crippen LogP contribution in [0.1, 0.15) is 52.7 Å². The molecule has 2 aromatic rings. The highest BCUT2D eigenvalue weighted by Crippen LogP contribution is 2.24. The van der Waals surface area contributed by atoms with Crippen molar-refractivity contribution >= 4 is 17.9 Å². The largest absolute Gasteiger partial charge is 0.497 e. The van der Waals surface area contributed by atoms with Crippen molar-refractivity contribution in [3.05, 3.63) is 59.7 Å². The average Bonchev–Trinajstić information content (AvgIpc) is 2.76. The lowest BCUT2D eigenvalue weighted by Crippen LogP contribution is -2.58. The number of carbonyl (C=O) groups is 2. The maximum Gasteiger partial charge on any atom is 0.412 e. The number of anilines is 1. The number of hydrogen-bond donors (Lipinski definition) is 4. The van der Waals surface area contributed by atoms with Gasteiger partial charge in [-0.15, -0.1) is 0 Å². The van der Waals surface area contributed by atoms with Crippen LogP contribution in [0.2, 0.25) is 0 Å². The Balaban J connectivity index is 2.20. The Labute approximate surface area is 219 Å². The van der Waals surface area contributed by atoms with Crippen molar-refractivity contribution in [3.63, 3.8) is 0 Å². The van der Waals surface area contributed by atoms with Crippen molar-refractivity contribution in [1.29, 1.82) is 0 Å². The summed E-state index contributed by atoms with van der Waals surface area (Å²) in [6, 6.07) is 13.9. The van der Waals surface area contributed by atoms with E-state index in [0.717, 1.165) is 16.9 Å². The van der Waals surface area contributed by atoms with Crippen LogP contribution in [0.4, 0.5) is 15.3 Å². The predicted octanol–water partition coefficient (Wildman–Crippen LogP) is 4.88. The van der Waals surface area contributed by atoms with E-state index in [4.69, 9.17) is 9.47 Å². The molecule has 0 aliphatic carbocycles. The molecule has 2 rings (SSSR count). The molecular weight excluding hydrogens is 474 g/mol. The Hall–Kier alpha value is -3.30. The van der Waals surface area contributed by atoms with Crippen LogP contribution in [0, 0.1) is 0 Å². The first-order valence-corrected chi connectivity index (χ1v) is 12.3. The number of benzene rings is 2. The Morgan fingerprint density at radius 3 is 2.24 bits per heavy atom. The molecule has 0 radical (unpaired) electrons. The first-order valence-electron chi connectivity index (χ1n) is 12.3. The summed E-state index contributed by atoms with van der Waals surface area (Å²) >= 11 is 0. The van der Waals surface area contributed by atoms with E-state index in [9.17, 15) is 19.8 Å². The molecule has 2 amide bonds. The van der Waals surface area contributed by atoms with Gasteiger partial charge in [-0.2, -0.15) is 0 Å². The summed E-state index contributed by atoms with van der Waals surface area (Å²) in [5, 5.41) is 27.2. The third-order valence-corrected chi connectivity index (χ3v) is 5.54. The standard InChI is InChI=1S/C28H41N3O6/c1-27(2,3)31(26(34)35)23(24(32)18-29-17-20-11-9-13-22(15-20)36-7)16-19-10-8-12-21(14-19)30-25(33)37-28(4,5)6/h8-15,23-24,29,32H,16-18H2,1-7H3,(H,30,33)(H,34,35)/t23-,24+/m0/s1. The molecule has 2 aromatic carbocycles. The van der Waals surface area contributed by atoms with Crippen molar-refractivity contribution in [2.45, 2.75) is 77.8 Å². The minimum Gasteiger partial charge on any atom is -0.497 e. The number of amides is 2. The number of nitrogens with zero attached hydrogens (tertiary/aromatic N) is 1. The van der Waals surface area contributed by atoms with Crippen LogP contribution >= 0.6 is 0 Å². The van der Waals surface area contributed by atoms with Gasteiger partial charge in [-0.1, -0.05) is 24.3 Å². The van der Waals surface area contributed by atoms with E-state index in [1.165, 1.54) is 4.90 Å². The molecule has 37 heavy (non-hydrogen) atoms. The molecule has 2 atom stereocenters. The number of nitrogens with one attached hydrogen (secondary N) is 2. The smallest absolute Gasteiger partial charge is 0.412 e. The molecule has 0 fully saturated rings. The third kappa shape index (κ3) is 9.93. The van der Waals surface area contributed by atoms with Gasteiger partial charge in [0, 0.05) is 24.3 Å². The van der Waals surface area contributed by atoms with Gasteiger partial charge >= 0.3 is 12.2 Å². The Morgan fingerprint density at radius 2 is 1.65 bits per heavy atom. The Morgan fingerprint density at radius 1 is 1.00 bits per heavy atom. The predicted molar refractivity (Wildman–Crippen MR) is 144 cm³/mol. The average molecular weight is 516 g/mol. The minimum absolute atomic E-state index is 0.178. The number of ether oxygens (including phenoxy) is 2. The van der Waals surface area contributed by atoms with Gasteiger partial charge in [-0.05, 0) is 83.4 Å². The second-order valence-corrected chi connectivity index (χ2v) is 11.0. The fourth-order valence-corrected chi connectivity index (χ4v) is 4.05. The number of carboxylic acid groups (broad SMARTS) is 1. The van der Waals surface area contributed by atoms with E-state index >= 15 is 0 Å². The lowest BCUT2D eigenvalue weighted by Gasteiger charge is -2.42. The van der Waals surface area contributed by atoms with E-state index in [0.29, 0.717) is 12.2 Å². The third-order valence-electron chi connectivity index (χ3n) is 5.54. The number of methoxy groups -OCH3 is 1. The van der Waals surface area contributed by atoms with Crippen molar-refractivity contribution < 1.29 is 29.3 Å². The Bertz CT molecular complexity index is 1040. The molecule has 204 valence electrons. The summed E-state index contributed by atoms with van der Waals surface area (Å²) in [6.45, 7) is 11.4. The van der Waals surface area contributed by atoms with E-state index in [1.807, 2.05) is 30.3 Å². The molecule has 9 heteroatoms. The van der Waals surface area contributed by atoms with Gasteiger partial charge in [0.15, 0.2) is 0 Å². The van der Waals surface area contributed by atoms with Crippen molar-refractivity contribution in [1.82, 2.24) is 10.2 Å². The molecule has 0 saturated heterocycles. The molecule has 0 aliphatic heterocycles. The summed E-state index contributed by atoms with van der Waals surface area (Å²) in [7, 11) is 1.60. The zero-order valence-corrected chi connectivity index (χ0v) is 22.9. The minimum atomic E-state index is -1.12. The van der Waals surface area contributed by atoms with Crippen molar-refractivity contribution in [3.8, 4) is 5.75 Å². The SMILES string of the molecule is COc1cccc(CNC[C@@H](O)[C@H](Cc2cccc(NC(=O)OC(C)(C)C)c2)N(C(=O)O)C(C)(C)C)c1. The fraction of sp³-hybridized carbons (Fsp3) is 0.500. The van der Waals surface area contributed by atoms with Gasteiger partial charge in [-0.25, -0.2) is 9.59 Å². The molecule has 0 saturated carbocycles. The maximum absolute atomic E-state index is 12.3. The fourth-order valence-electron chi connectivity index (χ4n) is 4.05. The molecule has 9 nitrogen and oxygen atoms in total. The first kappa shape index (κ1) is 29.9. The molecule has 4 N–H and O–H groups in total. The lowest BCUT2D eigenvalue weighted by molar-refractivity contribution is 0.00771. The zero-order chi connectivity index (χ0) is 27.8. The first-order chi connectivity index (χ1) is 17.2. The highest BCUT2D eigenvalue weighted by atomic mass is 16.6. The van der Waals surface area contributed by atoms with Crippen molar-refractivity contribution in [2.75, 3.05) is 19.0 Å². The monoisotopic (exact) mass is 515 g/mol. The maximum atomic E-state index is 12.3. The quantitative estimate of drug-likeness (QED) is 0.356. The molecule has 0 aromatic heterocycles. The molecule has 0 aliphatic rings. The second kappa shape index (κ2) is 12.8. The van der Waals surface area contributed by atoms with Gasteiger partial charge in [0.05, 0.1) is 19.3 Å². The highest BCUT2D eigenvalue weighted by Gasteiger charge is 2.37. The summed E-state index contributed by atoms with van der Waals surface area (Å²) < 4.78 is 10.6. The summed E-state index contributed by atoms with van der Waals surface area (Å²) in [4.78, 5) is 25.8.